The van der Waals surface area contributed by atoms with Gasteiger partial charge in [0.1, 0.15) is 0 Å². The predicted octanol–water partition coefficient (Wildman–Crippen LogP) is 5.29. The van der Waals surface area contributed by atoms with Crippen LogP contribution in [0.25, 0.3) is 22.2 Å². The van der Waals surface area contributed by atoms with Gasteiger partial charge < -0.3 is 15.2 Å². The zero-order valence-electron chi connectivity index (χ0n) is 20.1. The summed E-state index contributed by atoms with van der Waals surface area (Å²) in [6, 6.07) is 11.3. The Balaban J connectivity index is 1.62. The summed E-state index contributed by atoms with van der Waals surface area (Å²) in [5.41, 5.74) is 8.49. The fourth-order valence-electron chi connectivity index (χ4n) is 5.14. The number of likely N-dealkylation sites (tertiary alicyclic amines) is 1. The molecule has 2 aromatic heterocycles. The predicted molar refractivity (Wildman–Crippen MR) is 132 cm³/mol. The fraction of sp³-hybridized carbons (Fsp3) is 0.481. The molecule has 0 aliphatic carbocycles. The quantitative estimate of drug-likeness (QED) is 0.557. The fourth-order valence-corrected chi connectivity index (χ4v) is 5.14. The summed E-state index contributed by atoms with van der Waals surface area (Å²) in [4.78, 5) is 22.6. The maximum absolute atomic E-state index is 12.4. The number of benzene rings is 1. The van der Waals surface area contributed by atoms with E-state index in [1.54, 1.807) is 0 Å². The summed E-state index contributed by atoms with van der Waals surface area (Å²) in [6.07, 6.45) is 2.66. The molecule has 1 fully saturated rings. The summed E-state index contributed by atoms with van der Waals surface area (Å²) < 4.78 is 0. The third-order valence-electron chi connectivity index (χ3n) is 6.72. The van der Waals surface area contributed by atoms with Gasteiger partial charge >= 0.3 is 0 Å². The number of carbonyl (C=O) groups excluding carboxylic acids is 1. The van der Waals surface area contributed by atoms with Crippen molar-refractivity contribution in [1.82, 2.24) is 20.2 Å². The SMILES string of the molecule is CNCCC(=O)N1CCC(c2ccc3[nH]c(-c4cc(C)nc(C)c4)c(C(C)C)c3c2)CC1. The van der Waals surface area contributed by atoms with Crippen LogP contribution in [0.1, 0.15) is 67.5 Å². The minimum absolute atomic E-state index is 0.272. The second-order valence-corrected chi connectivity index (χ2v) is 9.52. The van der Waals surface area contributed by atoms with Crippen molar-refractivity contribution < 1.29 is 4.79 Å². The van der Waals surface area contributed by atoms with Gasteiger partial charge in [-0.2, -0.15) is 0 Å². The van der Waals surface area contributed by atoms with Gasteiger partial charge in [0.2, 0.25) is 5.91 Å². The average Bonchev–Trinajstić information content (AvgIpc) is 3.16. The first kappa shape index (κ1) is 22.5. The standard InChI is InChI=1S/C27H36N4O/c1-17(2)26-23-16-21(20-9-12-31(13-10-20)25(32)8-11-28-5)6-7-24(23)30-27(26)22-14-18(3)29-19(4)15-22/h6-7,14-17,20,28,30H,8-13H2,1-5H3. The molecule has 3 aromatic rings. The topological polar surface area (TPSA) is 61.0 Å². The second-order valence-electron chi connectivity index (χ2n) is 9.52. The Kier molecular flexibility index (Phi) is 6.66. The number of aryl methyl sites for hydroxylation is 2. The highest BCUT2D eigenvalue weighted by atomic mass is 16.2. The van der Waals surface area contributed by atoms with Gasteiger partial charge in [0.05, 0.1) is 5.69 Å². The van der Waals surface area contributed by atoms with Crippen molar-refractivity contribution in [1.29, 1.82) is 0 Å². The minimum atomic E-state index is 0.272. The van der Waals surface area contributed by atoms with E-state index in [1.807, 2.05) is 11.9 Å². The summed E-state index contributed by atoms with van der Waals surface area (Å²) in [6.45, 7) is 11.1. The Bertz CT molecular complexity index is 1090. The van der Waals surface area contributed by atoms with Crippen LogP contribution in [-0.4, -0.2) is 47.5 Å². The number of hydrogen-bond acceptors (Lipinski definition) is 3. The van der Waals surface area contributed by atoms with Gasteiger partial charge in [0.25, 0.3) is 0 Å². The highest BCUT2D eigenvalue weighted by Gasteiger charge is 2.25. The van der Waals surface area contributed by atoms with E-state index < -0.39 is 0 Å². The average molecular weight is 433 g/mol. The molecule has 1 aromatic carbocycles. The highest BCUT2D eigenvalue weighted by Crippen LogP contribution is 2.38. The van der Waals surface area contributed by atoms with Crippen molar-refractivity contribution in [3.63, 3.8) is 0 Å². The molecule has 5 nitrogen and oxygen atoms in total. The Morgan fingerprint density at radius 2 is 1.84 bits per heavy atom. The van der Waals surface area contributed by atoms with Crippen LogP contribution in [-0.2, 0) is 4.79 Å². The molecule has 32 heavy (non-hydrogen) atoms. The summed E-state index contributed by atoms with van der Waals surface area (Å²) in [7, 11) is 1.89. The zero-order chi connectivity index (χ0) is 22.8. The maximum Gasteiger partial charge on any atom is 0.223 e. The first-order valence-corrected chi connectivity index (χ1v) is 11.9. The van der Waals surface area contributed by atoms with Crippen LogP contribution in [0.5, 0.6) is 0 Å². The van der Waals surface area contributed by atoms with Crippen LogP contribution in [0.15, 0.2) is 30.3 Å². The van der Waals surface area contributed by atoms with E-state index in [-0.39, 0.29) is 5.91 Å². The summed E-state index contributed by atoms with van der Waals surface area (Å²) in [5.74, 6) is 1.19. The lowest BCUT2D eigenvalue weighted by molar-refractivity contribution is -0.132. The number of fused-ring (bicyclic) bond motifs is 1. The molecule has 4 rings (SSSR count). The molecule has 5 heteroatoms. The van der Waals surface area contributed by atoms with Gasteiger partial charge in [-0.1, -0.05) is 19.9 Å². The van der Waals surface area contributed by atoms with E-state index in [4.69, 9.17) is 0 Å². The third kappa shape index (κ3) is 4.58. The number of amides is 1. The monoisotopic (exact) mass is 432 g/mol. The molecule has 0 radical (unpaired) electrons. The number of aromatic nitrogens is 2. The van der Waals surface area contributed by atoms with Gasteiger partial charge in [-0.25, -0.2) is 0 Å². The Morgan fingerprint density at radius 1 is 1.16 bits per heavy atom. The van der Waals surface area contributed by atoms with Gasteiger partial charge in [-0.15, -0.1) is 0 Å². The molecule has 2 N–H and O–H groups in total. The Labute approximate surface area is 191 Å². The molecule has 0 saturated carbocycles. The second kappa shape index (κ2) is 9.45. The number of H-pyrrole nitrogens is 1. The first-order chi connectivity index (χ1) is 15.4. The van der Waals surface area contributed by atoms with Gasteiger partial charge in [-0.05, 0) is 81.0 Å². The van der Waals surface area contributed by atoms with Crippen molar-refractivity contribution in [3.8, 4) is 11.3 Å². The number of carbonyl (C=O) groups is 1. The van der Waals surface area contributed by atoms with Crippen LogP contribution < -0.4 is 5.32 Å². The number of hydrogen-bond donors (Lipinski definition) is 2. The van der Waals surface area contributed by atoms with E-state index >= 15 is 0 Å². The molecule has 1 aliphatic rings. The number of rotatable bonds is 6. The van der Waals surface area contributed by atoms with Gasteiger partial charge in [-0.3, -0.25) is 9.78 Å². The molecular weight excluding hydrogens is 396 g/mol. The number of piperidine rings is 1. The lowest BCUT2D eigenvalue weighted by Crippen LogP contribution is -2.38. The Morgan fingerprint density at radius 3 is 2.47 bits per heavy atom. The lowest BCUT2D eigenvalue weighted by Gasteiger charge is -2.32. The van der Waals surface area contributed by atoms with Crippen molar-refractivity contribution in [2.45, 2.75) is 58.8 Å². The smallest absolute Gasteiger partial charge is 0.223 e. The normalized spacial score (nSPS) is 15.1. The molecular formula is C27H36N4O. The van der Waals surface area contributed by atoms with Crippen molar-refractivity contribution >= 4 is 16.8 Å². The van der Waals surface area contributed by atoms with E-state index in [0.717, 1.165) is 43.9 Å². The third-order valence-corrected chi connectivity index (χ3v) is 6.72. The molecule has 1 saturated heterocycles. The van der Waals surface area contributed by atoms with E-state index in [0.29, 0.717) is 18.3 Å². The number of nitrogens with one attached hydrogen (secondary N) is 2. The van der Waals surface area contributed by atoms with Crippen molar-refractivity contribution in [2.75, 3.05) is 26.7 Å². The van der Waals surface area contributed by atoms with Crippen LogP contribution in [0.4, 0.5) is 0 Å². The molecule has 0 unspecified atom stereocenters. The number of aromatic amines is 1. The highest BCUT2D eigenvalue weighted by molar-refractivity contribution is 5.92. The van der Waals surface area contributed by atoms with Crippen molar-refractivity contribution in [3.05, 3.63) is 52.8 Å². The molecule has 1 aliphatic heterocycles. The molecule has 0 atom stereocenters. The van der Waals surface area contributed by atoms with Crippen molar-refractivity contribution in [2.24, 2.45) is 0 Å². The van der Waals surface area contributed by atoms with E-state index in [2.05, 4.69) is 73.3 Å². The van der Waals surface area contributed by atoms with E-state index in [1.165, 1.54) is 33.3 Å². The van der Waals surface area contributed by atoms with E-state index in [9.17, 15) is 4.79 Å². The molecule has 0 spiro atoms. The van der Waals surface area contributed by atoms with Gasteiger partial charge in [0.15, 0.2) is 0 Å². The van der Waals surface area contributed by atoms with Crippen LogP contribution in [0.2, 0.25) is 0 Å². The largest absolute Gasteiger partial charge is 0.354 e. The number of pyridine rings is 1. The molecule has 170 valence electrons. The number of nitrogens with zero attached hydrogens (tertiary/aromatic N) is 2. The van der Waals surface area contributed by atoms with Gasteiger partial charge in [0, 0.05) is 53.9 Å². The zero-order valence-corrected chi connectivity index (χ0v) is 20.1. The van der Waals surface area contributed by atoms with Crippen LogP contribution >= 0.6 is 0 Å². The summed E-state index contributed by atoms with van der Waals surface area (Å²) >= 11 is 0. The molecule has 3 heterocycles. The maximum atomic E-state index is 12.4. The first-order valence-electron chi connectivity index (χ1n) is 11.9. The summed E-state index contributed by atoms with van der Waals surface area (Å²) in [5, 5.41) is 4.40. The Hall–Kier alpha value is -2.66. The van der Waals surface area contributed by atoms with Crippen LogP contribution in [0, 0.1) is 13.8 Å². The lowest BCUT2D eigenvalue weighted by atomic mass is 9.87. The van der Waals surface area contributed by atoms with Crippen LogP contribution in [0.3, 0.4) is 0 Å². The molecule has 0 bridgehead atoms. The molecule has 1 amide bonds. The minimum Gasteiger partial charge on any atom is -0.354 e.